The summed E-state index contributed by atoms with van der Waals surface area (Å²) < 4.78 is 1.35. The highest BCUT2D eigenvalue weighted by molar-refractivity contribution is 5.92. The molecular weight excluding hydrogens is 266 g/mol. The third-order valence-corrected chi connectivity index (χ3v) is 3.87. The monoisotopic (exact) mass is 283 g/mol. The maximum absolute atomic E-state index is 12.3. The predicted octanol–water partition coefficient (Wildman–Crippen LogP) is 1.52. The minimum atomic E-state index is -0.127. The topological polar surface area (TPSA) is 64.0 Å². The van der Waals surface area contributed by atoms with Crippen molar-refractivity contribution in [1.29, 1.82) is 0 Å². The zero-order chi connectivity index (χ0) is 14.8. The molecule has 1 aromatic carbocycles. The molecule has 108 valence electrons. The van der Waals surface area contributed by atoms with Gasteiger partial charge in [-0.25, -0.2) is 4.68 Å². The van der Waals surface area contributed by atoms with Gasteiger partial charge in [0.05, 0.1) is 5.69 Å². The fraction of sp³-hybridized carbons (Fsp3) is 0.312. The molecule has 1 aliphatic rings. The van der Waals surface area contributed by atoms with Gasteiger partial charge in [-0.1, -0.05) is 18.2 Å². The van der Waals surface area contributed by atoms with Crippen molar-refractivity contribution >= 4 is 11.6 Å². The van der Waals surface area contributed by atoms with Gasteiger partial charge in [0.1, 0.15) is 0 Å². The van der Waals surface area contributed by atoms with Gasteiger partial charge < -0.3 is 5.32 Å². The van der Waals surface area contributed by atoms with Gasteiger partial charge in [-0.3, -0.25) is 9.59 Å². The summed E-state index contributed by atoms with van der Waals surface area (Å²) in [5.74, 6) is -0.0980. The van der Waals surface area contributed by atoms with Crippen LogP contribution in [0.1, 0.15) is 17.7 Å². The third kappa shape index (κ3) is 2.86. The van der Waals surface area contributed by atoms with Crippen LogP contribution in [0.25, 0.3) is 0 Å². The minimum Gasteiger partial charge on any atom is -0.326 e. The Kier molecular flexibility index (Phi) is 3.56. The van der Waals surface area contributed by atoms with E-state index in [0.29, 0.717) is 6.42 Å². The number of aromatic nitrogens is 2. The van der Waals surface area contributed by atoms with Gasteiger partial charge in [-0.2, -0.15) is 5.10 Å². The molecule has 0 aliphatic heterocycles. The second-order valence-electron chi connectivity index (χ2n) is 5.37. The number of nitrogens with zero attached hydrogens (tertiary/aromatic N) is 2. The summed E-state index contributed by atoms with van der Waals surface area (Å²) in [5, 5.41) is 7.19. The van der Waals surface area contributed by atoms with E-state index in [0.717, 1.165) is 29.8 Å². The number of hydrogen-bond donors (Lipinski definition) is 1. The number of fused-ring (bicyclic) bond motifs is 1. The summed E-state index contributed by atoms with van der Waals surface area (Å²) in [6.45, 7) is 0. The lowest BCUT2D eigenvalue weighted by Gasteiger charge is -2.23. The van der Waals surface area contributed by atoms with Crippen LogP contribution in [0.2, 0.25) is 0 Å². The van der Waals surface area contributed by atoms with Crippen molar-refractivity contribution < 1.29 is 4.79 Å². The standard InChI is InChI=1S/C16H17N3O2/c1-19-15(20)10-12-9-11(7-8-14(12)18-19)16(21)17-13-5-3-2-4-6-13/h2-6,10-11H,7-9H2,1H3,(H,17,21)/t11-/m0/s1. The maximum Gasteiger partial charge on any atom is 0.266 e. The number of carbonyl (C=O) groups excluding carboxylic acids is 1. The quantitative estimate of drug-likeness (QED) is 0.909. The number of benzene rings is 1. The fourth-order valence-corrected chi connectivity index (χ4v) is 2.68. The SMILES string of the molecule is Cn1nc2c(cc1=O)C[C@@H](C(=O)Nc1ccccc1)CC2. The van der Waals surface area contributed by atoms with Crippen molar-refractivity contribution in [2.75, 3.05) is 5.32 Å². The Bertz CT molecular complexity index is 722. The molecule has 5 nitrogen and oxygen atoms in total. The smallest absolute Gasteiger partial charge is 0.266 e. The molecule has 5 heteroatoms. The van der Waals surface area contributed by atoms with Crippen LogP contribution in [0.5, 0.6) is 0 Å². The molecule has 2 aromatic rings. The molecule has 1 heterocycles. The van der Waals surface area contributed by atoms with Crippen LogP contribution < -0.4 is 10.9 Å². The van der Waals surface area contributed by atoms with E-state index in [4.69, 9.17) is 0 Å². The molecule has 3 rings (SSSR count). The Morgan fingerprint density at radius 1 is 1.33 bits per heavy atom. The minimum absolute atomic E-state index is 0.00697. The Hall–Kier alpha value is -2.43. The Morgan fingerprint density at radius 2 is 2.10 bits per heavy atom. The van der Waals surface area contributed by atoms with Crippen molar-refractivity contribution in [3.63, 3.8) is 0 Å². The van der Waals surface area contributed by atoms with Crippen molar-refractivity contribution in [2.45, 2.75) is 19.3 Å². The first-order valence-electron chi connectivity index (χ1n) is 7.05. The van der Waals surface area contributed by atoms with E-state index in [2.05, 4.69) is 10.4 Å². The summed E-state index contributed by atoms with van der Waals surface area (Å²) in [6.07, 6.45) is 2.07. The van der Waals surface area contributed by atoms with Gasteiger partial charge in [0.25, 0.3) is 5.56 Å². The molecule has 0 saturated carbocycles. The molecule has 0 saturated heterocycles. The lowest BCUT2D eigenvalue weighted by atomic mass is 9.86. The molecule has 21 heavy (non-hydrogen) atoms. The maximum atomic E-state index is 12.3. The van der Waals surface area contributed by atoms with Gasteiger partial charge >= 0.3 is 0 Å². The molecule has 0 fully saturated rings. The molecule has 0 spiro atoms. The molecule has 0 radical (unpaired) electrons. The number of carbonyl (C=O) groups is 1. The average Bonchev–Trinajstić information content (AvgIpc) is 2.49. The summed E-state index contributed by atoms with van der Waals surface area (Å²) in [4.78, 5) is 24.0. The number of rotatable bonds is 2. The van der Waals surface area contributed by atoms with E-state index >= 15 is 0 Å². The van der Waals surface area contributed by atoms with Crippen molar-refractivity contribution in [3.05, 3.63) is 58.0 Å². The molecular formula is C16H17N3O2. The number of anilines is 1. The highest BCUT2D eigenvalue weighted by atomic mass is 16.2. The van der Waals surface area contributed by atoms with Crippen LogP contribution in [-0.2, 0) is 24.7 Å². The van der Waals surface area contributed by atoms with Crippen LogP contribution in [0.3, 0.4) is 0 Å². The Balaban J connectivity index is 1.75. The molecule has 1 amide bonds. The normalized spacial score (nSPS) is 17.1. The zero-order valence-corrected chi connectivity index (χ0v) is 11.9. The van der Waals surface area contributed by atoms with E-state index in [1.807, 2.05) is 30.3 Å². The van der Waals surface area contributed by atoms with Crippen molar-refractivity contribution in [2.24, 2.45) is 13.0 Å². The molecule has 1 aromatic heterocycles. The van der Waals surface area contributed by atoms with Crippen LogP contribution >= 0.6 is 0 Å². The second-order valence-corrected chi connectivity index (χ2v) is 5.37. The van der Waals surface area contributed by atoms with E-state index in [-0.39, 0.29) is 17.4 Å². The van der Waals surface area contributed by atoms with E-state index in [9.17, 15) is 9.59 Å². The largest absolute Gasteiger partial charge is 0.326 e. The summed E-state index contributed by atoms with van der Waals surface area (Å²) in [6, 6.07) is 11.0. The van der Waals surface area contributed by atoms with Gasteiger partial charge in [-0.15, -0.1) is 0 Å². The van der Waals surface area contributed by atoms with E-state index < -0.39 is 0 Å². The number of nitrogens with one attached hydrogen (secondary N) is 1. The van der Waals surface area contributed by atoms with Gasteiger partial charge in [0.2, 0.25) is 5.91 Å². The van der Waals surface area contributed by atoms with Crippen molar-refractivity contribution in [3.8, 4) is 0 Å². The Labute approximate surface area is 122 Å². The van der Waals surface area contributed by atoms with E-state index in [1.54, 1.807) is 13.1 Å². The Morgan fingerprint density at radius 3 is 2.86 bits per heavy atom. The first-order chi connectivity index (χ1) is 10.1. The summed E-state index contributed by atoms with van der Waals surface area (Å²) >= 11 is 0. The van der Waals surface area contributed by atoms with E-state index in [1.165, 1.54) is 4.68 Å². The first kappa shape index (κ1) is 13.5. The zero-order valence-electron chi connectivity index (χ0n) is 11.9. The lowest BCUT2D eigenvalue weighted by Crippen LogP contribution is -2.31. The van der Waals surface area contributed by atoms with Crippen LogP contribution in [0.15, 0.2) is 41.2 Å². The number of hydrogen-bond acceptors (Lipinski definition) is 3. The summed E-state index contributed by atoms with van der Waals surface area (Å²) in [7, 11) is 1.65. The molecule has 1 aliphatic carbocycles. The highest BCUT2D eigenvalue weighted by Gasteiger charge is 2.26. The fourth-order valence-electron chi connectivity index (χ4n) is 2.68. The van der Waals surface area contributed by atoms with Crippen LogP contribution in [-0.4, -0.2) is 15.7 Å². The number of para-hydroxylation sites is 1. The van der Waals surface area contributed by atoms with Gasteiger partial charge in [-0.05, 0) is 37.0 Å². The third-order valence-electron chi connectivity index (χ3n) is 3.87. The number of aryl methyl sites for hydroxylation is 2. The number of amides is 1. The predicted molar refractivity (Wildman–Crippen MR) is 80.1 cm³/mol. The van der Waals surface area contributed by atoms with Crippen molar-refractivity contribution in [1.82, 2.24) is 9.78 Å². The molecule has 0 bridgehead atoms. The highest BCUT2D eigenvalue weighted by Crippen LogP contribution is 2.24. The van der Waals surface area contributed by atoms with Gasteiger partial charge in [0, 0.05) is 24.7 Å². The average molecular weight is 283 g/mol. The van der Waals surface area contributed by atoms with Gasteiger partial charge in [0.15, 0.2) is 0 Å². The first-order valence-corrected chi connectivity index (χ1v) is 7.05. The lowest BCUT2D eigenvalue weighted by molar-refractivity contribution is -0.120. The van der Waals surface area contributed by atoms with Crippen LogP contribution in [0.4, 0.5) is 5.69 Å². The van der Waals surface area contributed by atoms with Crippen LogP contribution in [0, 0.1) is 5.92 Å². The molecule has 1 N–H and O–H groups in total. The molecule has 1 atom stereocenters. The molecule has 0 unspecified atom stereocenters. The second kappa shape index (κ2) is 5.52. The summed E-state index contributed by atoms with van der Waals surface area (Å²) in [5.41, 5.74) is 2.51.